The number of phenols is 1. The first kappa shape index (κ1) is 13.3. The topological polar surface area (TPSA) is 47.9 Å². The third kappa shape index (κ3) is 1.47. The Kier molecular flexibility index (Phi) is 2.48. The van der Waals surface area contributed by atoms with E-state index in [0.717, 1.165) is 22.6 Å². The Morgan fingerprint density at radius 2 is 1.82 bits per heavy atom. The lowest BCUT2D eigenvalue weighted by molar-refractivity contribution is -0.00787. The zero-order valence-electron chi connectivity index (χ0n) is 12.8. The lowest BCUT2D eigenvalue weighted by atomic mass is 9.67. The van der Waals surface area contributed by atoms with Crippen LogP contribution in [0.3, 0.4) is 0 Å². The first-order valence-electron chi connectivity index (χ1n) is 7.32. The predicted molar refractivity (Wildman–Crippen MR) is 81.9 cm³/mol. The predicted octanol–water partition coefficient (Wildman–Crippen LogP) is 3.36. The SMILES string of the molecule is COc1ccc2c(c1)OC1(C)c3ccc(O)cc3OCC21C. The van der Waals surface area contributed by atoms with Gasteiger partial charge in [0.25, 0.3) is 0 Å². The first-order valence-corrected chi connectivity index (χ1v) is 7.32. The van der Waals surface area contributed by atoms with Gasteiger partial charge in [0, 0.05) is 23.3 Å². The molecule has 2 unspecified atom stereocenters. The normalized spacial score (nSPS) is 28.0. The summed E-state index contributed by atoms with van der Waals surface area (Å²) in [5, 5.41) is 9.68. The van der Waals surface area contributed by atoms with Crippen LogP contribution in [0.25, 0.3) is 0 Å². The molecule has 0 aliphatic carbocycles. The van der Waals surface area contributed by atoms with Crippen LogP contribution >= 0.6 is 0 Å². The average molecular weight is 298 g/mol. The molecule has 2 heterocycles. The van der Waals surface area contributed by atoms with E-state index in [1.165, 1.54) is 0 Å². The standard InChI is InChI=1S/C18H18O4/c1-17-10-21-15-8-11(19)4-6-14(15)18(17,2)22-16-9-12(20-3)5-7-13(16)17/h4-9,19H,10H2,1-3H3. The number of aromatic hydroxyl groups is 1. The van der Waals surface area contributed by atoms with E-state index in [9.17, 15) is 5.11 Å². The van der Waals surface area contributed by atoms with Crippen LogP contribution in [0, 0.1) is 0 Å². The fourth-order valence-electron chi connectivity index (χ4n) is 3.57. The van der Waals surface area contributed by atoms with Crippen molar-refractivity contribution in [3.8, 4) is 23.0 Å². The molecule has 22 heavy (non-hydrogen) atoms. The van der Waals surface area contributed by atoms with E-state index in [1.54, 1.807) is 19.2 Å². The fraction of sp³-hybridized carbons (Fsp3) is 0.333. The quantitative estimate of drug-likeness (QED) is 0.877. The molecule has 0 radical (unpaired) electrons. The number of hydrogen-bond acceptors (Lipinski definition) is 4. The molecule has 2 aliphatic rings. The highest BCUT2D eigenvalue weighted by atomic mass is 16.5. The Bertz CT molecular complexity index is 770. The number of hydrogen-bond donors (Lipinski definition) is 1. The van der Waals surface area contributed by atoms with Crippen molar-refractivity contribution in [2.75, 3.05) is 13.7 Å². The molecule has 4 heteroatoms. The van der Waals surface area contributed by atoms with Crippen LogP contribution < -0.4 is 14.2 Å². The van der Waals surface area contributed by atoms with Gasteiger partial charge in [0.15, 0.2) is 0 Å². The number of fused-ring (bicyclic) bond motifs is 5. The lowest BCUT2D eigenvalue weighted by Crippen LogP contribution is -2.51. The molecule has 114 valence electrons. The first-order chi connectivity index (χ1) is 10.5. The summed E-state index contributed by atoms with van der Waals surface area (Å²) in [5.41, 5.74) is 1.24. The highest BCUT2D eigenvalue weighted by Gasteiger charge is 2.59. The van der Waals surface area contributed by atoms with Crippen molar-refractivity contribution in [1.29, 1.82) is 0 Å². The second kappa shape index (κ2) is 4.09. The number of phenolic OH excluding ortho intramolecular Hbond substituents is 1. The Hall–Kier alpha value is -2.36. The molecule has 2 aliphatic heterocycles. The fourth-order valence-corrected chi connectivity index (χ4v) is 3.57. The number of rotatable bonds is 1. The number of benzene rings is 2. The van der Waals surface area contributed by atoms with Crippen LogP contribution in [0.5, 0.6) is 23.0 Å². The molecule has 0 aromatic heterocycles. The molecule has 0 saturated heterocycles. The Balaban J connectivity index is 1.92. The molecule has 4 rings (SSSR count). The summed E-state index contributed by atoms with van der Waals surface area (Å²) in [6.45, 7) is 4.73. The number of methoxy groups -OCH3 is 1. The average Bonchev–Trinajstić information content (AvgIpc) is 2.74. The minimum absolute atomic E-state index is 0.197. The molecule has 2 aromatic carbocycles. The van der Waals surface area contributed by atoms with Crippen molar-refractivity contribution in [3.05, 3.63) is 47.5 Å². The summed E-state index contributed by atoms with van der Waals surface area (Å²) in [6, 6.07) is 11.1. The van der Waals surface area contributed by atoms with Crippen molar-refractivity contribution in [2.24, 2.45) is 0 Å². The van der Waals surface area contributed by atoms with Crippen LogP contribution in [0.15, 0.2) is 36.4 Å². The maximum absolute atomic E-state index is 9.68. The second-order valence-corrected chi connectivity index (χ2v) is 6.30. The van der Waals surface area contributed by atoms with Gasteiger partial charge in [-0.15, -0.1) is 0 Å². The van der Waals surface area contributed by atoms with E-state index in [0.29, 0.717) is 12.4 Å². The molecule has 4 nitrogen and oxygen atoms in total. The summed E-state index contributed by atoms with van der Waals surface area (Å²) in [6.07, 6.45) is 0. The van der Waals surface area contributed by atoms with Crippen LogP contribution in [0.1, 0.15) is 25.0 Å². The second-order valence-electron chi connectivity index (χ2n) is 6.30. The molecule has 2 aromatic rings. The van der Waals surface area contributed by atoms with Crippen LogP contribution in [0.2, 0.25) is 0 Å². The van der Waals surface area contributed by atoms with Gasteiger partial charge in [0.05, 0.1) is 12.5 Å². The molecule has 0 bridgehead atoms. The van der Waals surface area contributed by atoms with Crippen LogP contribution in [-0.2, 0) is 11.0 Å². The third-order valence-corrected chi connectivity index (χ3v) is 5.15. The van der Waals surface area contributed by atoms with Gasteiger partial charge in [-0.2, -0.15) is 0 Å². The molecule has 0 spiro atoms. The number of ether oxygens (including phenoxy) is 3. The van der Waals surface area contributed by atoms with Gasteiger partial charge in [-0.25, -0.2) is 0 Å². The molecule has 0 saturated carbocycles. The van der Waals surface area contributed by atoms with E-state index in [4.69, 9.17) is 14.2 Å². The molecule has 2 atom stereocenters. The van der Waals surface area contributed by atoms with E-state index >= 15 is 0 Å². The summed E-state index contributed by atoms with van der Waals surface area (Å²) in [4.78, 5) is 0. The third-order valence-electron chi connectivity index (χ3n) is 5.15. The summed E-state index contributed by atoms with van der Waals surface area (Å²) < 4.78 is 17.6. The van der Waals surface area contributed by atoms with Crippen LogP contribution in [-0.4, -0.2) is 18.8 Å². The van der Waals surface area contributed by atoms with Gasteiger partial charge in [-0.1, -0.05) is 6.07 Å². The Labute approximate surface area is 129 Å². The zero-order chi connectivity index (χ0) is 15.5. The van der Waals surface area contributed by atoms with E-state index < -0.39 is 5.60 Å². The minimum Gasteiger partial charge on any atom is -0.508 e. The van der Waals surface area contributed by atoms with Crippen molar-refractivity contribution in [1.82, 2.24) is 0 Å². The molecular weight excluding hydrogens is 280 g/mol. The van der Waals surface area contributed by atoms with Crippen molar-refractivity contribution < 1.29 is 19.3 Å². The maximum atomic E-state index is 9.68. The molecule has 0 fully saturated rings. The largest absolute Gasteiger partial charge is 0.508 e. The van der Waals surface area contributed by atoms with Gasteiger partial charge in [0.1, 0.15) is 35.2 Å². The molecule has 1 N–H and O–H groups in total. The minimum atomic E-state index is -0.539. The smallest absolute Gasteiger partial charge is 0.147 e. The maximum Gasteiger partial charge on any atom is 0.147 e. The Morgan fingerprint density at radius 3 is 2.59 bits per heavy atom. The van der Waals surface area contributed by atoms with Crippen molar-refractivity contribution >= 4 is 0 Å². The highest BCUT2D eigenvalue weighted by Crippen LogP contribution is 2.59. The molecular formula is C18H18O4. The van der Waals surface area contributed by atoms with Gasteiger partial charge < -0.3 is 19.3 Å². The zero-order valence-corrected chi connectivity index (χ0v) is 12.8. The molecule has 0 amide bonds. The van der Waals surface area contributed by atoms with E-state index in [-0.39, 0.29) is 11.2 Å². The highest BCUT2D eigenvalue weighted by molar-refractivity contribution is 5.57. The summed E-state index contributed by atoms with van der Waals surface area (Å²) in [5.74, 6) is 2.48. The Morgan fingerprint density at radius 1 is 1.05 bits per heavy atom. The van der Waals surface area contributed by atoms with Crippen molar-refractivity contribution in [2.45, 2.75) is 24.9 Å². The van der Waals surface area contributed by atoms with E-state index in [1.807, 2.05) is 24.3 Å². The summed E-state index contributed by atoms with van der Waals surface area (Å²) in [7, 11) is 1.65. The van der Waals surface area contributed by atoms with E-state index in [2.05, 4.69) is 13.8 Å². The monoisotopic (exact) mass is 298 g/mol. The van der Waals surface area contributed by atoms with Gasteiger partial charge >= 0.3 is 0 Å². The lowest BCUT2D eigenvalue weighted by Gasteiger charge is -2.44. The van der Waals surface area contributed by atoms with Crippen molar-refractivity contribution in [3.63, 3.8) is 0 Å². The van der Waals surface area contributed by atoms with Gasteiger partial charge in [0.2, 0.25) is 0 Å². The summed E-state index contributed by atoms with van der Waals surface area (Å²) >= 11 is 0. The van der Waals surface area contributed by atoms with Crippen LogP contribution in [0.4, 0.5) is 0 Å². The van der Waals surface area contributed by atoms with Gasteiger partial charge in [-0.05, 0) is 32.0 Å². The van der Waals surface area contributed by atoms with Gasteiger partial charge in [-0.3, -0.25) is 0 Å².